The second-order valence-corrected chi connectivity index (χ2v) is 7.19. The SMILES string of the molecule is C[C@@H](N[S+]([O-])C(C)(C)C)c1cc(C(F)(F)F)ccn1. The smallest absolute Gasteiger partial charge is 0.416 e. The van der Waals surface area contributed by atoms with Crippen LogP contribution in [0.2, 0.25) is 0 Å². The molecule has 19 heavy (non-hydrogen) atoms. The molecule has 1 heterocycles. The highest BCUT2D eigenvalue weighted by Gasteiger charge is 2.32. The first kappa shape index (κ1) is 16.3. The number of nitrogens with zero attached hydrogens (tertiary/aromatic N) is 1. The van der Waals surface area contributed by atoms with Crippen molar-refractivity contribution in [1.82, 2.24) is 9.71 Å². The number of hydrogen-bond donors (Lipinski definition) is 1. The lowest BCUT2D eigenvalue weighted by molar-refractivity contribution is -0.137. The van der Waals surface area contributed by atoms with Gasteiger partial charge in [0, 0.05) is 17.6 Å². The van der Waals surface area contributed by atoms with Gasteiger partial charge in [-0.3, -0.25) is 4.98 Å². The van der Waals surface area contributed by atoms with E-state index in [1.807, 2.05) is 0 Å². The molecule has 0 aliphatic heterocycles. The fourth-order valence-corrected chi connectivity index (χ4v) is 2.05. The molecule has 3 nitrogen and oxygen atoms in total. The zero-order chi connectivity index (χ0) is 14.8. The van der Waals surface area contributed by atoms with Crippen LogP contribution < -0.4 is 4.72 Å². The first-order valence-corrected chi connectivity index (χ1v) is 6.88. The number of rotatable bonds is 3. The van der Waals surface area contributed by atoms with Crippen LogP contribution in [-0.2, 0) is 17.5 Å². The van der Waals surface area contributed by atoms with Crippen molar-refractivity contribution in [3.05, 3.63) is 29.6 Å². The van der Waals surface area contributed by atoms with Crippen LogP contribution in [0.1, 0.15) is 45.0 Å². The summed E-state index contributed by atoms with van der Waals surface area (Å²) in [5, 5.41) is 0. The minimum absolute atomic E-state index is 0.215. The van der Waals surface area contributed by atoms with E-state index in [0.717, 1.165) is 18.3 Å². The molecule has 0 spiro atoms. The average Bonchev–Trinajstić information content (AvgIpc) is 2.26. The minimum Gasteiger partial charge on any atom is -0.598 e. The van der Waals surface area contributed by atoms with Gasteiger partial charge in [0.1, 0.15) is 4.75 Å². The number of aromatic nitrogens is 1. The van der Waals surface area contributed by atoms with Gasteiger partial charge in [-0.1, -0.05) is 0 Å². The van der Waals surface area contributed by atoms with Crippen LogP contribution in [0.25, 0.3) is 0 Å². The van der Waals surface area contributed by atoms with E-state index in [4.69, 9.17) is 0 Å². The molecule has 1 aromatic heterocycles. The first-order valence-electron chi connectivity index (χ1n) is 5.73. The molecular formula is C12H17F3N2OS. The molecule has 0 amide bonds. The summed E-state index contributed by atoms with van der Waals surface area (Å²) in [6, 6.07) is 1.36. The van der Waals surface area contributed by atoms with Gasteiger partial charge in [0.2, 0.25) is 0 Å². The third-order valence-corrected chi connectivity index (χ3v) is 4.07. The van der Waals surface area contributed by atoms with E-state index in [1.165, 1.54) is 0 Å². The second-order valence-electron chi connectivity index (χ2n) is 5.19. The molecule has 1 unspecified atom stereocenters. The molecule has 1 aromatic rings. The monoisotopic (exact) mass is 294 g/mol. The average molecular weight is 294 g/mol. The van der Waals surface area contributed by atoms with Crippen molar-refractivity contribution in [3.8, 4) is 0 Å². The van der Waals surface area contributed by atoms with Gasteiger partial charge in [0.05, 0.1) is 17.3 Å². The van der Waals surface area contributed by atoms with Crippen molar-refractivity contribution in [2.75, 3.05) is 0 Å². The van der Waals surface area contributed by atoms with E-state index in [2.05, 4.69) is 9.71 Å². The van der Waals surface area contributed by atoms with Crippen molar-refractivity contribution >= 4 is 11.4 Å². The molecule has 0 aliphatic rings. The minimum atomic E-state index is -4.40. The molecule has 0 aromatic carbocycles. The van der Waals surface area contributed by atoms with Gasteiger partial charge in [-0.2, -0.15) is 13.2 Å². The van der Waals surface area contributed by atoms with Gasteiger partial charge in [-0.25, -0.2) is 0 Å². The highest BCUT2D eigenvalue weighted by atomic mass is 32.2. The van der Waals surface area contributed by atoms with Crippen molar-refractivity contribution in [2.24, 2.45) is 0 Å². The Kier molecular flexibility index (Phi) is 4.86. The van der Waals surface area contributed by atoms with E-state index in [9.17, 15) is 17.7 Å². The molecular weight excluding hydrogens is 277 g/mol. The van der Waals surface area contributed by atoms with Crippen LogP contribution in [-0.4, -0.2) is 14.3 Å². The molecule has 0 saturated carbocycles. The summed E-state index contributed by atoms with van der Waals surface area (Å²) >= 11 is -1.37. The van der Waals surface area contributed by atoms with Crippen LogP contribution in [0, 0.1) is 0 Å². The predicted molar refractivity (Wildman–Crippen MR) is 68.7 cm³/mol. The van der Waals surface area contributed by atoms with Gasteiger partial charge >= 0.3 is 6.18 Å². The van der Waals surface area contributed by atoms with Gasteiger partial charge in [0.25, 0.3) is 0 Å². The van der Waals surface area contributed by atoms with Crippen LogP contribution in [0.15, 0.2) is 18.3 Å². The topological polar surface area (TPSA) is 48.0 Å². The Morgan fingerprint density at radius 2 is 1.89 bits per heavy atom. The zero-order valence-corrected chi connectivity index (χ0v) is 12.0. The normalized spacial score (nSPS) is 16.2. The van der Waals surface area contributed by atoms with Gasteiger partial charge < -0.3 is 4.55 Å². The maximum Gasteiger partial charge on any atom is 0.416 e. The van der Waals surface area contributed by atoms with E-state index in [-0.39, 0.29) is 5.69 Å². The number of alkyl halides is 3. The van der Waals surface area contributed by atoms with E-state index in [1.54, 1.807) is 27.7 Å². The van der Waals surface area contributed by atoms with Gasteiger partial charge in [-0.05, 0) is 39.8 Å². The Balaban J connectivity index is 2.86. The van der Waals surface area contributed by atoms with E-state index >= 15 is 0 Å². The highest BCUT2D eigenvalue weighted by molar-refractivity contribution is 7.90. The third-order valence-electron chi connectivity index (χ3n) is 2.39. The maximum absolute atomic E-state index is 12.6. The fourth-order valence-electron chi connectivity index (χ4n) is 1.26. The largest absolute Gasteiger partial charge is 0.598 e. The lowest BCUT2D eigenvalue weighted by Crippen LogP contribution is -2.40. The van der Waals surface area contributed by atoms with Crippen LogP contribution in [0.4, 0.5) is 13.2 Å². The standard InChI is InChI=1S/C12H17F3N2OS/c1-8(17-19(18)11(2,3)4)10-7-9(5-6-16-10)12(13,14)15/h5-8,17H,1-4H3/t8-,19?/m1/s1. The molecule has 2 atom stereocenters. The summed E-state index contributed by atoms with van der Waals surface area (Å²) in [6.07, 6.45) is -3.29. The summed E-state index contributed by atoms with van der Waals surface area (Å²) in [5.41, 5.74) is -0.542. The molecule has 1 rings (SSSR count). The summed E-state index contributed by atoms with van der Waals surface area (Å²) in [5.74, 6) is 0. The molecule has 1 N–H and O–H groups in total. The summed E-state index contributed by atoms with van der Waals surface area (Å²) in [6.45, 7) is 6.97. The maximum atomic E-state index is 12.6. The lowest BCUT2D eigenvalue weighted by Gasteiger charge is -2.26. The molecule has 0 fully saturated rings. The lowest BCUT2D eigenvalue weighted by atomic mass is 10.1. The molecule has 108 valence electrons. The van der Waals surface area contributed by atoms with Crippen molar-refractivity contribution < 1.29 is 17.7 Å². The number of halogens is 3. The molecule has 0 radical (unpaired) electrons. The number of hydrogen-bond acceptors (Lipinski definition) is 3. The van der Waals surface area contributed by atoms with Gasteiger partial charge in [0.15, 0.2) is 0 Å². The van der Waals surface area contributed by atoms with E-state index < -0.39 is 33.9 Å². The molecule has 0 saturated heterocycles. The van der Waals surface area contributed by atoms with Crippen LogP contribution in [0.5, 0.6) is 0 Å². The quantitative estimate of drug-likeness (QED) is 0.871. The number of nitrogens with one attached hydrogen (secondary N) is 1. The highest BCUT2D eigenvalue weighted by Crippen LogP contribution is 2.30. The Morgan fingerprint density at radius 3 is 2.37 bits per heavy atom. The Hall–Kier alpha value is -0.790. The fraction of sp³-hybridized carbons (Fsp3) is 0.583. The third kappa shape index (κ3) is 4.67. The summed E-state index contributed by atoms with van der Waals surface area (Å²) < 4.78 is 51.9. The summed E-state index contributed by atoms with van der Waals surface area (Å²) in [4.78, 5) is 3.89. The van der Waals surface area contributed by atoms with Crippen molar-refractivity contribution in [3.63, 3.8) is 0 Å². The Bertz CT molecular complexity index is 432. The first-order chi connectivity index (χ1) is 8.51. The van der Waals surface area contributed by atoms with Crippen LogP contribution in [0.3, 0.4) is 0 Å². The van der Waals surface area contributed by atoms with E-state index in [0.29, 0.717) is 0 Å². The zero-order valence-electron chi connectivity index (χ0n) is 11.2. The molecule has 0 bridgehead atoms. The van der Waals surface area contributed by atoms with Gasteiger partial charge in [-0.15, -0.1) is 4.72 Å². The second kappa shape index (κ2) is 5.68. The van der Waals surface area contributed by atoms with Crippen LogP contribution >= 0.6 is 0 Å². The molecule has 7 heteroatoms. The van der Waals surface area contributed by atoms with Crippen molar-refractivity contribution in [2.45, 2.75) is 44.7 Å². The predicted octanol–water partition coefficient (Wildman–Crippen LogP) is 3.21. The summed E-state index contributed by atoms with van der Waals surface area (Å²) in [7, 11) is 0. The number of pyridine rings is 1. The Labute approximate surface area is 113 Å². The Morgan fingerprint density at radius 1 is 1.32 bits per heavy atom. The molecule has 0 aliphatic carbocycles. The van der Waals surface area contributed by atoms with Crippen molar-refractivity contribution in [1.29, 1.82) is 0 Å².